The summed E-state index contributed by atoms with van der Waals surface area (Å²) < 4.78 is 6.64. The van der Waals surface area contributed by atoms with E-state index in [0.717, 1.165) is 5.56 Å². The van der Waals surface area contributed by atoms with Crippen LogP contribution in [0.3, 0.4) is 0 Å². The standard InChI is InChI=1S/C17H21N3O4/c1-17(2,3)24-16(23)18-9-10-20-11-13(15(21)22)14(19-20)12-7-5-4-6-8-12/h4-8,11H,9-10H2,1-3H3,(H,18,23)(H,21,22). The predicted molar refractivity (Wildman–Crippen MR) is 88.9 cm³/mol. The summed E-state index contributed by atoms with van der Waals surface area (Å²) in [6.07, 6.45) is 0.943. The minimum atomic E-state index is -1.04. The lowest BCUT2D eigenvalue weighted by Crippen LogP contribution is -2.34. The Kier molecular flexibility index (Phi) is 5.23. The number of nitrogens with zero attached hydrogens (tertiary/aromatic N) is 2. The van der Waals surface area contributed by atoms with E-state index in [4.69, 9.17) is 4.74 Å². The lowest BCUT2D eigenvalue weighted by Gasteiger charge is -2.19. The van der Waals surface area contributed by atoms with Crippen LogP contribution in [-0.2, 0) is 11.3 Å². The molecule has 0 saturated carbocycles. The van der Waals surface area contributed by atoms with Crippen molar-refractivity contribution in [1.82, 2.24) is 15.1 Å². The first-order valence-corrected chi connectivity index (χ1v) is 7.59. The molecule has 2 aromatic rings. The first kappa shape index (κ1) is 17.5. The van der Waals surface area contributed by atoms with Crippen molar-refractivity contribution in [2.75, 3.05) is 6.54 Å². The van der Waals surface area contributed by atoms with E-state index >= 15 is 0 Å². The van der Waals surface area contributed by atoms with Crippen LogP contribution in [0.4, 0.5) is 4.79 Å². The number of carbonyl (C=O) groups excluding carboxylic acids is 1. The normalized spacial score (nSPS) is 11.1. The molecular formula is C17H21N3O4. The highest BCUT2D eigenvalue weighted by Crippen LogP contribution is 2.21. The molecule has 2 rings (SSSR count). The highest BCUT2D eigenvalue weighted by molar-refractivity contribution is 5.94. The first-order valence-electron chi connectivity index (χ1n) is 7.59. The molecule has 0 fully saturated rings. The van der Waals surface area contributed by atoms with Crippen molar-refractivity contribution in [3.8, 4) is 11.3 Å². The van der Waals surface area contributed by atoms with Crippen molar-refractivity contribution in [2.45, 2.75) is 32.9 Å². The van der Waals surface area contributed by atoms with Gasteiger partial charge in [0.1, 0.15) is 16.9 Å². The molecule has 0 radical (unpaired) electrons. The molecule has 1 amide bonds. The molecule has 0 atom stereocenters. The third-order valence-electron chi connectivity index (χ3n) is 3.05. The van der Waals surface area contributed by atoms with Crippen LogP contribution in [-0.4, -0.2) is 39.1 Å². The monoisotopic (exact) mass is 331 g/mol. The molecule has 0 bridgehead atoms. The van der Waals surface area contributed by atoms with Crippen molar-refractivity contribution in [2.24, 2.45) is 0 Å². The summed E-state index contributed by atoms with van der Waals surface area (Å²) in [6, 6.07) is 9.11. The number of carboxylic acid groups (broad SMARTS) is 1. The summed E-state index contributed by atoms with van der Waals surface area (Å²) >= 11 is 0. The summed E-state index contributed by atoms with van der Waals surface area (Å²) in [5.41, 5.74) is 0.694. The van der Waals surface area contributed by atoms with E-state index in [1.54, 1.807) is 32.9 Å². The zero-order chi connectivity index (χ0) is 17.7. The zero-order valence-electron chi connectivity index (χ0n) is 13.9. The molecule has 0 saturated heterocycles. The average Bonchev–Trinajstić information content (AvgIpc) is 2.91. The van der Waals surface area contributed by atoms with Gasteiger partial charge in [0, 0.05) is 18.3 Å². The fourth-order valence-electron chi connectivity index (χ4n) is 2.09. The van der Waals surface area contributed by atoms with E-state index in [0.29, 0.717) is 12.2 Å². The van der Waals surface area contributed by atoms with Crippen LogP contribution < -0.4 is 5.32 Å². The average molecular weight is 331 g/mol. The molecule has 0 unspecified atom stereocenters. The van der Waals surface area contributed by atoms with E-state index in [-0.39, 0.29) is 12.1 Å². The Morgan fingerprint density at radius 2 is 1.92 bits per heavy atom. The molecule has 0 aliphatic heterocycles. The minimum Gasteiger partial charge on any atom is -0.478 e. The molecule has 0 aliphatic carbocycles. The van der Waals surface area contributed by atoms with E-state index in [1.807, 2.05) is 18.2 Å². The van der Waals surface area contributed by atoms with Gasteiger partial charge in [-0.15, -0.1) is 0 Å². The SMILES string of the molecule is CC(C)(C)OC(=O)NCCn1cc(C(=O)O)c(-c2ccccc2)n1. The Bertz CT molecular complexity index is 717. The highest BCUT2D eigenvalue weighted by Gasteiger charge is 2.18. The maximum atomic E-state index is 11.6. The van der Waals surface area contributed by atoms with Gasteiger partial charge in [-0.05, 0) is 20.8 Å². The van der Waals surface area contributed by atoms with Crippen molar-refractivity contribution in [3.63, 3.8) is 0 Å². The number of rotatable bonds is 5. The molecule has 2 N–H and O–H groups in total. The van der Waals surface area contributed by atoms with Gasteiger partial charge in [-0.25, -0.2) is 9.59 Å². The number of alkyl carbamates (subject to hydrolysis) is 1. The quantitative estimate of drug-likeness (QED) is 0.878. The minimum absolute atomic E-state index is 0.124. The van der Waals surface area contributed by atoms with Gasteiger partial charge in [-0.1, -0.05) is 30.3 Å². The number of hydrogen-bond donors (Lipinski definition) is 2. The molecule has 1 heterocycles. The van der Waals surface area contributed by atoms with Crippen molar-refractivity contribution >= 4 is 12.1 Å². The maximum absolute atomic E-state index is 11.6. The Hall–Kier alpha value is -2.83. The second kappa shape index (κ2) is 7.16. The second-order valence-corrected chi connectivity index (χ2v) is 6.25. The number of aromatic nitrogens is 2. The summed E-state index contributed by atoms with van der Waals surface area (Å²) in [6.45, 7) is 5.97. The van der Waals surface area contributed by atoms with E-state index in [1.165, 1.54) is 10.9 Å². The molecule has 128 valence electrons. The maximum Gasteiger partial charge on any atom is 0.407 e. The van der Waals surface area contributed by atoms with Crippen molar-refractivity contribution in [1.29, 1.82) is 0 Å². The number of benzene rings is 1. The number of carboxylic acids is 1. The van der Waals surface area contributed by atoms with Gasteiger partial charge < -0.3 is 15.2 Å². The van der Waals surface area contributed by atoms with Gasteiger partial charge in [0.25, 0.3) is 0 Å². The summed E-state index contributed by atoms with van der Waals surface area (Å²) in [5.74, 6) is -1.04. The molecular weight excluding hydrogens is 310 g/mol. The molecule has 0 spiro atoms. The van der Waals surface area contributed by atoms with Gasteiger partial charge in [0.15, 0.2) is 0 Å². The molecule has 7 heteroatoms. The molecule has 1 aromatic heterocycles. The van der Waals surface area contributed by atoms with Crippen molar-refractivity contribution in [3.05, 3.63) is 42.1 Å². The van der Waals surface area contributed by atoms with Crippen LogP contribution in [0.25, 0.3) is 11.3 Å². The van der Waals surface area contributed by atoms with Gasteiger partial charge >= 0.3 is 12.1 Å². The Labute approximate surface area is 140 Å². The van der Waals surface area contributed by atoms with Gasteiger partial charge in [-0.3, -0.25) is 4.68 Å². The summed E-state index contributed by atoms with van der Waals surface area (Å²) in [4.78, 5) is 23.0. The molecule has 1 aromatic carbocycles. The summed E-state index contributed by atoms with van der Waals surface area (Å²) in [5, 5.41) is 16.3. The van der Waals surface area contributed by atoms with Crippen LogP contribution in [0.15, 0.2) is 36.5 Å². The molecule has 7 nitrogen and oxygen atoms in total. The lowest BCUT2D eigenvalue weighted by molar-refractivity contribution is 0.0524. The fourth-order valence-corrected chi connectivity index (χ4v) is 2.09. The summed E-state index contributed by atoms with van der Waals surface area (Å²) in [7, 11) is 0. The molecule has 24 heavy (non-hydrogen) atoms. The van der Waals surface area contributed by atoms with E-state index in [2.05, 4.69) is 10.4 Å². The third-order valence-corrected chi connectivity index (χ3v) is 3.05. The first-order chi connectivity index (χ1) is 11.3. The van der Waals surface area contributed by atoms with Gasteiger partial charge in [0.05, 0.1) is 6.54 Å². The van der Waals surface area contributed by atoms with Crippen LogP contribution >= 0.6 is 0 Å². The number of ether oxygens (including phenoxy) is 1. The van der Waals surface area contributed by atoms with E-state index in [9.17, 15) is 14.7 Å². The Balaban J connectivity index is 2.04. The largest absolute Gasteiger partial charge is 0.478 e. The fraction of sp³-hybridized carbons (Fsp3) is 0.353. The third kappa shape index (κ3) is 4.84. The topological polar surface area (TPSA) is 93.5 Å². The molecule has 0 aliphatic rings. The van der Waals surface area contributed by atoms with E-state index < -0.39 is 17.7 Å². The zero-order valence-corrected chi connectivity index (χ0v) is 13.9. The lowest BCUT2D eigenvalue weighted by atomic mass is 10.1. The predicted octanol–water partition coefficient (Wildman–Crippen LogP) is 2.77. The Morgan fingerprint density at radius 3 is 2.50 bits per heavy atom. The smallest absolute Gasteiger partial charge is 0.407 e. The number of carbonyl (C=O) groups is 2. The Morgan fingerprint density at radius 1 is 1.25 bits per heavy atom. The van der Waals surface area contributed by atoms with Gasteiger partial charge in [-0.2, -0.15) is 5.10 Å². The van der Waals surface area contributed by atoms with Crippen LogP contribution in [0, 0.1) is 0 Å². The highest BCUT2D eigenvalue weighted by atomic mass is 16.6. The van der Waals surface area contributed by atoms with Crippen LogP contribution in [0.2, 0.25) is 0 Å². The van der Waals surface area contributed by atoms with Crippen LogP contribution in [0.5, 0.6) is 0 Å². The van der Waals surface area contributed by atoms with Crippen LogP contribution in [0.1, 0.15) is 31.1 Å². The number of hydrogen-bond acceptors (Lipinski definition) is 4. The van der Waals surface area contributed by atoms with Gasteiger partial charge in [0.2, 0.25) is 0 Å². The number of nitrogens with one attached hydrogen (secondary N) is 1. The van der Waals surface area contributed by atoms with Crippen molar-refractivity contribution < 1.29 is 19.4 Å². The second-order valence-electron chi connectivity index (χ2n) is 6.25. The number of amides is 1. The number of aromatic carboxylic acids is 1.